The molecule has 0 radical (unpaired) electrons. The molecule has 2 rings (SSSR count). The summed E-state index contributed by atoms with van der Waals surface area (Å²) in [7, 11) is 3.35. The lowest BCUT2D eigenvalue weighted by Gasteiger charge is -2.19. The van der Waals surface area contributed by atoms with Crippen LogP contribution in [0.4, 0.5) is 0 Å². The zero-order valence-corrected chi connectivity index (χ0v) is 11.7. The summed E-state index contributed by atoms with van der Waals surface area (Å²) in [4.78, 5) is 16.3. The Kier molecular flexibility index (Phi) is 4.79. The Morgan fingerprint density at radius 1 is 1.53 bits per heavy atom. The number of ether oxygens (including phenoxy) is 1. The first-order valence-corrected chi connectivity index (χ1v) is 6.78. The normalized spacial score (nSPS) is 15.7. The Morgan fingerprint density at radius 3 is 2.89 bits per heavy atom. The molecule has 1 aliphatic heterocycles. The predicted molar refractivity (Wildman–Crippen MR) is 72.4 cm³/mol. The summed E-state index contributed by atoms with van der Waals surface area (Å²) < 4.78 is 4.95. The maximum atomic E-state index is 12.1. The van der Waals surface area contributed by atoms with Gasteiger partial charge in [0.1, 0.15) is 5.69 Å². The molecule has 106 valence electrons. The average molecular weight is 266 g/mol. The number of likely N-dealkylation sites (tertiary alicyclic amines) is 1. The molecular formula is C13H22N4O2. The van der Waals surface area contributed by atoms with Crippen LogP contribution in [0.1, 0.15) is 29.8 Å². The lowest BCUT2D eigenvalue weighted by Crippen LogP contribution is -2.31. The minimum atomic E-state index is -0.0442. The summed E-state index contributed by atoms with van der Waals surface area (Å²) in [6, 6.07) is 1.62. The molecule has 1 aromatic rings. The van der Waals surface area contributed by atoms with Crippen LogP contribution in [0.15, 0.2) is 6.07 Å². The highest BCUT2D eigenvalue weighted by Crippen LogP contribution is 2.10. The van der Waals surface area contributed by atoms with Gasteiger partial charge in [0.25, 0.3) is 5.91 Å². The Balaban J connectivity index is 1.75. The van der Waals surface area contributed by atoms with E-state index in [2.05, 4.69) is 15.1 Å². The molecule has 0 spiro atoms. The van der Waals surface area contributed by atoms with Crippen molar-refractivity contribution in [1.29, 1.82) is 0 Å². The SMILES string of the molecule is COc1cc(C(=O)N(C)CCCN2CCCC2)[nH]n1. The molecule has 1 amide bonds. The van der Waals surface area contributed by atoms with Gasteiger partial charge in [-0.15, -0.1) is 5.10 Å². The van der Waals surface area contributed by atoms with Crippen molar-refractivity contribution < 1.29 is 9.53 Å². The zero-order chi connectivity index (χ0) is 13.7. The molecule has 0 bridgehead atoms. The minimum absolute atomic E-state index is 0.0442. The molecule has 1 saturated heterocycles. The second-order valence-corrected chi connectivity index (χ2v) is 4.95. The van der Waals surface area contributed by atoms with Crippen LogP contribution in [0.3, 0.4) is 0 Å². The third-order valence-corrected chi connectivity index (χ3v) is 3.51. The quantitative estimate of drug-likeness (QED) is 0.833. The molecular weight excluding hydrogens is 244 g/mol. The Labute approximate surface area is 113 Å². The van der Waals surface area contributed by atoms with Crippen LogP contribution in [0, 0.1) is 0 Å². The molecule has 0 aromatic carbocycles. The molecule has 0 aliphatic carbocycles. The molecule has 0 unspecified atom stereocenters. The van der Waals surface area contributed by atoms with Crippen molar-refractivity contribution in [3.05, 3.63) is 11.8 Å². The number of hydrogen-bond acceptors (Lipinski definition) is 4. The van der Waals surface area contributed by atoms with E-state index in [1.165, 1.54) is 33.0 Å². The minimum Gasteiger partial charge on any atom is -0.480 e. The summed E-state index contributed by atoms with van der Waals surface area (Å²) in [5.74, 6) is 0.394. The molecule has 6 heteroatoms. The van der Waals surface area contributed by atoms with Crippen molar-refractivity contribution in [2.75, 3.05) is 40.3 Å². The molecule has 1 N–H and O–H groups in total. The average Bonchev–Trinajstić information content (AvgIpc) is 3.08. The second-order valence-electron chi connectivity index (χ2n) is 4.95. The number of methoxy groups -OCH3 is 1. The number of aromatic nitrogens is 2. The number of rotatable bonds is 6. The van der Waals surface area contributed by atoms with E-state index in [4.69, 9.17) is 4.74 Å². The number of H-pyrrole nitrogens is 1. The lowest BCUT2D eigenvalue weighted by molar-refractivity contribution is 0.0784. The number of nitrogens with zero attached hydrogens (tertiary/aromatic N) is 3. The molecule has 0 atom stereocenters. The molecule has 19 heavy (non-hydrogen) atoms. The van der Waals surface area contributed by atoms with Gasteiger partial charge in [0.15, 0.2) is 0 Å². The first kappa shape index (κ1) is 13.9. The highest BCUT2D eigenvalue weighted by Gasteiger charge is 2.16. The van der Waals surface area contributed by atoms with Gasteiger partial charge in [-0.05, 0) is 38.9 Å². The number of hydrogen-bond donors (Lipinski definition) is 1. The van der Waals surface area contributed by atoms with Crippen LogP contribution < -0.4 is 4.74 Å². The molecule has 2 heterocycles. The summed E-state index contributed by atoms with van der Waals surface area (Å²) >= 11 is 0. The fourth-order valence-electron chi connectivity index (χ4n) is 2.36. The Bertz CT molecular complexity index is 413. The van der Waals surface area contributed by atoms with Gasteiger partial charge >= 0.3 is 0 Å². The van der Waals surface area contributed by atoms with Crippen molar-refractivity contribution in [3.8, 4) is 5.88 Å². The van der Waals surface area contributed by atoms with Crippen molar-refractivity contribution in [2.45, 2.75) is 19.3 Å². The van der Waals surface area contributed by atoms with Crippen molar-refractivity contribution >= 4 is 5.91 Å². The molecule has 6 nitrogen and oxygen atoms in total. The van der Waals surface area contributed by atoms with E-state index < -0.39 is 0 Å². The highest BCUT2D eigenvalue weighted by atomic mass is 16.5. The third-order valence-electron chi connectivity index (χ3n) is 3.51. The third kappa shape index (κ3) is 3.70. The number of nitrogens with one attached hydrogen (secondary N) is 1. The number of carbonyl (C=O) groups excluding carboxylic acids is 1. The van der Waals surface area contributed by atoms with Crippen LogP contribution >= 0.6 is 0 Å². The van der Waals surface area contributed by atoms with Gasteiger partial charge in [0.2, 0.25) is 5.88 Å². The fourth-order valence-corrected chi connectivity index (χ4v) is 2.36. The van der Waals surface area contributed by atoms with E-state index in [0.717, 1.165) is 19.5 Å². The first-order valence-electron chi connectivity index (χ1n) is 6.78. The summed E-state index contributed by atoms with van der Waals surface area (Å²) in [6.45, 7) is 4.24. The molecule has 1 aliphatic rings. The van der Waals surface area contributed by atoms with E-state index in [-0.39, 0.29) is 5.91 Å². The largest absolute Gasteiger partial charge is 0.480 e. The number of carbonyl (C=O) groups is 1. The molecule has 0 saturated carbocycles. The Hall–Kier alpha value is -1.56. The van der Waals surface area contributed by atoms with Gasteiger partial charge in [0, 0.05) is 19.7 Å². The van der Waals surface area contributed by atoms with Gasteiger partial charge in [-0.1, -0.05) is 0 Å². The Morgan fingerprint density at radius 2 is 2.26 bits per heavy atom. The van der Waals surface area contributed by atoms with Gasteiger partial charge < -0.3 is 14.5 Å². The molecule has 1 fully saturated rings. The van der Waals surface area contributed by atoms with Crippen LogP contribution in [0.2, 0.25) is 0 Å². The summed E-state index contributed by atoms with van der Waals surface area (Å²) in [5.41, 5.74) is 0.473. The van der Waals surface area contributed by atoms with Crippen LogP contribution in [0.5, 0.6) is 5.88 Å². The van der Waals surface area contributed by atoms with Crippen molar-refractivity contribution in [1.82, 2.24) is 20.0 Å². The van der Waals surface area contributed by atoms with E-state index in [1.807, 2.05) is 7.05 Å². The summed E-state index contributed by atoms with van der Waals surface area (Å²) in [6.07, 6.45) is 3.62. The maximum Gasteiger partial charge on any atom is 0.271 e. The van der Waals surface area contributed by atoms with E-state index in [0.29, 0.717) is 11.6 Å². The van der Waals surface area contributed by atoms with Crippen molar-refractivity contribution in [2.24, 2.45) is 0 Å². The van der Waals surface area contributed by atoms with Crippen LogP contribution in [0.25, 0.3) is 0 Å². The second kappa shape index (κ2) is 6.56. The highest BCUT2D eigenvalue weighted by molar-refractivity contribution is 5.92. The molecule has 1 aromatic heterocycles. The lowest BCUT2D eigenvalue weighted by atomic mass is 10.3. The maximum absolute atomic E-state index is 12.1. The monoisotopic (exact) mass is 266 g/mol. The first-order chi connectivity index (χ1) is 9.20. The summed E-state index contributed by atoms with van der Waals surface area (Å²) in [5, 5.41) is 6.57. The predicted octanol–water partition coefficient (Wildman–Crippen LogP) is 0.976. The fraction of sp³-hybridized carbons (Fsp3) is 0.692. The van der Waals surface area contributed by atoms with Gasteiger partial charge in [-0.25, -0.2) is 0 Å². The van der Waals surface area contributed by atoms with E-state index in [9.17, 15) is 4.79 Å². The van der Waals surface area contributed by atoms with Gasteiger partial charge in [-0.2, -0.15) is 0 Å². The van der Waals surface area contributed by atoms with E-state index >= 15 is 0 Å². The standard InChI is InChI=1S/C13H22N4O2/c1-16(6-5-9-17-7-3-4-8-17)13(18)11-10-12(19-2)15-14-11/h10H,3-9H2,1-2H3,(H,14,15). The van der Waals surface area contributed by atoms with Crippen LogP contribution in [-0.4, -0.2) is 66.2 Å². The van der Waals surface area contributed by atoms with E-state index in [1.54, 1.807) is 11.0 Å². The van der Waals surface area contributed by atoms with Gasteiger partial charge in [0.05, 0.1) is 7.11 Å². The zero-order valence-electron chi connectivity index (χ0n) is 11.7. The van der Waals surface area contributed by atoms with Crippen molar-refractivity contribution in [3.63, 3.8) is 0 Å². The topological polar surface area (TPSA) is 61.5 Å². The number of amides is 1. The van der Waals surface area contributed by atoms with Gasteiger partial charge in [-0.3, -0.25) is 9.89 Å². The number of aromatic amines is 1. The van der Waals surface area contributed by atoms with Crippen LogP contribution in [-0.2, 0) is 0 Å². The smallest absolute Gasteiger partial charge is 0.271 e.